The molecule has 2 aliphatic heterocycles. The van der Waals surface area contributed by atoms with Gasteiger partial charge in [0, 0.05) is 19.6 Å². The third kappa shape index (κ3) is 4.92. The van der Waals surface area contributed by atoms with Gasteiger partial charge >= 0.3 is 0 Å². The first kappa shape index (κ1) is 13.3. The van der Waals surface area contributed by atoms with Crippen LogP contribution in [0, 0.1) is 0 Å². The molecule has 0 aromatic carbocycles. The molecule has 0 aliphatic carbocycles. The molecule has 2 atom stereocenters. The van der Waals surface area contributed by atoms with Crippen LogP contribution in [-0.2, 0) is 9.47 Å². The third-order valence-corrected chi connectivity index (χ3v) is 3.53. The standard InChI is InChI=1S/C13H26N2O2/c1-12-9-14-10-13(17-12)11-16-8-7-15-5-3-2-4-6-15/h12-14H,2-11H2,1H3. The summed E-state index contributed by atoms with van der Waals surface area (Å²) in [5.41, 5.74) is 0. The number of hydrogen-bond acceptors (Lipinski definition) is 4. The predicted octanol–water partition coefficient (Wildman–Crippen LogP) is 0.866. The summed E-state index contributed by atoms with van der Waals surface area (Å²) >= 11 is 0. The van der Waals surface area contributed by atoms with Gasteiger partial charge in [-0.3, -0.25) is 0 Å². The van der Waals surface area contributed by atoms with Crippen LogP contribution in [0.25, 0.3) is 0 Å². The Morgan fingerprint density at radius 1 is 1.24 bits per heavy atom. The highest BCUT2D eigenvalue weighted by molar-refractivity contribution is 4.71. The summed E-state index contributed by atoms with van der Waals surface area (Å²) in [6.07, 6.45) is 4.66. The molecular formula is C13H26N2O2. The summed E-state index contributed by atoms with van der Waals surface area (Å²) in [6.45, 7) is 9.14. The van der Waals surface area contributed by atoms with Crippen LogP contribution in [0.15, 0.2) is 0 Å². The van der Waals surface area contributed by atoms with Gasteiger partial charge in [0.15, 0.2) is 0 Å². The molecule has 2 unspecified atom stereocenters. The van der Waals surface area contributed by atoms with Crippen LogP contribution >= 0.6 is 0 Å². The van der Waals surface area contributed by atoms with Gasteiger partial charge in [-0.25, -0.2) is 0 Å². The number of nitrogens with zero attached hydrogens (tertiary/aromatic N) is 1. The van der Waals surface area contributed by atoms with Crippen molar-refractivity contribution in [1.82, 2.24) is 10.2 Å². The summed E-state index contributed by atoms with van der Waals surface area (Å²) in [5.74, 6) is 0. The van der Waals surface area contributed by atoms with Crippen LogP contribution in [0.1, 0.15) is 26.2 Å². The molecule has 2 heterocycles. The van der Waals surface area contributed by atoms with Crippen LogP contribution < -0.4 is 5.32 Å². The predicted molar refractivity (Wildman–Crippen MR) is 68.3 cm³/mol. The van der Waals surface area contributed by atoms with Gasteiger partial charge in [-0.15, -0.1) is 0 Å². The summed E-state index contributed by atoms with van der Waals surface area (Å²) in [5, 5.41) is 3.36. The van der Waals surface area contributed by atoms with Crippen molar-refractivity contribution in [1.29, 1.82) is 0 Å². The molecule has 2 rings (SSSR count). The van der Waals surface area contributed by atoms with Gasteiger partial charge in [0.2, 0.25) is 0 Å². The molecule has 100 valence electrons. The molecule has 0 spiro atoms. The first-order valence-corrected chi connectivity index (χ1v) is 7.01. The maximum atomic E-state index is 5.78. The second-order valence-corrected chi connectivity index (χ2v) is 5.20. The Bertz CT molecular complexity index is 208. The average Bonchev–Trinajstić information content (AvgIpc) is 2.36. The number of rotatable bonds is 5. The molecule has 0 aromatic heterocycles. The number of morpholine rings is 1. The van der Waals surface area contributed by atoms with Gasteiger partial charge in [0.25, 0.3) is 0 Å². The van der Waals surface area contributed by atoms with Crippen molar-refractivity contribution in [3.63, 3.8) is 0 Å². The zero-order chi connectivity index (χ0) is 11.9. The Hall–Kier alpha value is -0.160. The monoisotopic (exact) mass is 242 g/mol. The largest absolute Gasteiger partial charge is 0.377 e. The van der Waals surface area contributed by atoms with Crippen molar-refractivity contribution in [2.75, 3.05) is 45.9 Å². The summed E-state index contributed by atoms with van der Waals surface area (Å²) in [7, 11) is 0. The number of piperidine rings is 1. The lowest BCUT2D eigenvalue weighted by molar-refractivity contribution is -0.0704. The van der Waals surface area contributed by atoms with Gasteiger partial charge in [-0.2, -0.15) is 0 Å². The van der Waals surface area contributed by atoms with E-state index in [1.165, 1.54) is 32.4 Å². The van der Waals surface area contributed by atoms with Crippen LogP contribution in [0.3, 0.4) is 0 Å². The number of nitrogens with one attached hydrogen (secondary N) is 1. The fourth-order valence-corrected chi connectivity index (χ4v) is 2.56. The van der Waals surface area contributed by atoms with Crippen molar-refractivity contribution in [2.24, 2.45) is 0 Å². The van der Waals surface area contributed by atoms with Gasteiger partial charge in [0.1, 0.15) is 0 Å². The normalized spacial score (nSPS) is 31.6. The molecule has 2 fully saturated rings. The topological polar surface area (TPSA) is 33.7 Å². The van der Waals surface area contributed by atoms with E-state index in [2.05, 4.69) is 17.1 Å². The van der Waals surface area contributed by atoms with Crippen molar-refractivity contribution >= 4 is 0 Å². The first-order valence-electron chi connectivity index (χ1n) is 7.01. The van der Waals surface area contributed by atoms with Crippen molar-refractivity contribution in [3.8, 4) is 0 Å². The molecular weight excluding hydrogens is 216 g/mol. The van der Waals surface area contributed by atoms with Crippen molar-refractivity contribution in [2.45, 2.75) is 38.4 Å². The molecule has 0 saturated carbocycles. The Balaban J connectivity index is 1.50. The number of hydrogen-bond donors (Lipinski definition) is 1. The average molecular weight is 242 g/mol. The van der Waals surface area contributed by atoms with E-state index in [0.717, 1.165) is 32.8 Å². The number of ether oxygens (including phenoxy) is 2. The molecule has 17 heavy (non-hydrogen) atoms. The van der Waals surface area contributed by atoms with E-state index in [-0.39, 0.29) is 6.10 Å². The fourth-order valence-electron chi connectivity index (χ4n) is 2.56. The SMILES string of the molecule is CC1CNCC(COCCN2CCCCC2)O1. The van der Waals surface area contributed by atoms with Gasteiger partial charge in [-0.05, 0) is 32.9 Å². The molecule has 4 nitrogen and oxygen atoms in total. The van der Waals surface area contributed by atoms with Crippen molar-refractivity contribution in [3.05, 3.63) is 0 Å². The minimum absolute atomic E-state index is 0.236. The second kappa shape index (κ2) is 7.31. The maximum Gasteiger partial charge on any atom is 0.0936 e. The molecule has 4 heteroatoms. The molecule has 0 radical (unpaired) electrons. The quantitative estimate of drug-likeness (QED) is 0.725. The van der Waals surface area contributed by atoms with Crippen LogP contribution in [0.4, 0.5) is 0 Å². The van der Waals surface area contributed by atoms with E-state index < -0.39 is 0 Å². The Morgan fingerprint density at radius 3 is 2.82 bits per heavy atom. The fraction of sp³-hybridized carbons (Fsp3) is 1.00. The highest BCUT2D eigenvalue weighted by Gasteiger charge is 2.18. The zero-order valence-corrected chi connectivity index (χ0v) is 11.0. The van der Waals surface area contributed by atoms with Gasteiger partial charge in [0.05, 0.1) is 25.4 Å². The minimum atomic E-state index is 0.236. The van der Waals surface area contributed by atoms with Crippen LogP contribution in [0.2, 0.25) is 0 Å². The van der Waals surface area contributed by atoms with E-state index in [1.54, 1.807) is 0 Å². The third-order valence-electron chi connectivity index (χ3n) is 3.53. The first-order chi connectivity index (χ1) is 8.34. The molecule has 2 aliphatic rings. The van der Waals surface area contributed by atoms with E-state index in [1.807, 2.05) is 0 Å². The lowest BCUT2D eigenvalue weighted by Crippen LogP contribution is -2.45. The minimum Gasteiger partial charge on any atom is -0.377 e. The Labute approximate surface area is 105 Å². The maximum absolute atomic E-state index is 5.78. The van der Waals surface area contributed by atoms with Gasteiger partial charge in [-0.1, -0.05) is 6.42 Å². The molecule has 0 bridgehead atoms. The summed E-state index contributed by atoms with van der Waals surface area (Å²) in [6, 6.07) is 0. The van der Waals surface area contributed by atoms with E-state index >= 15 is 0 Å². The molecule has 2 saturated heterocycles. The zero-order valence-electron chi connectivity index (χ0n) is 11.0. The highest BCUT2D eigenvalue weighted by atomic mass is 16.5. The highest BCUT2D eigenvalue weighted by Crippen LogP contribution is 2.08. The van der Waals surface area contributed by atoms with Crippen molar-refractivity contribution < 1.29 is 9.47 Å². The lowest BCUT2D eigenvalue weighted by atomic mass is 10.1. The van der Waals surface area contributed by atoms with E-state index in [4.69, 9.17) is 9.47 Å². The van der Waals surface area contributed by atoms with Crippen LogP contribution in [0.5, 0.6) is 0 Å². The summed E-state index contributed by atoms with van der Waals surface area (Å²) in [4.78, 5) is 2.51. The Kier molecular flexibility index (Phi) is 5.71. The van der Waals surface area contributed by atoms with E-state index in [0.29, 0.717) is 6.10 Å². The molecule has 1 N–H and O–H groups in total. The second-order valence-electron chi connectivity index (χ2n) is 5.20. The van der Waals surface area contributed by atoms with E-state index in [9.17, 15) is 0 Å². The molecule has 0 aromatic rings. The lowest BCUT2D eigenvalue weighted by Gasteiger charge is -2.29. The Morgan fingerprint density at radius 2 is 2.06 bits per heavy atom. The molecule has 0 amide bonds. The van der Waals surface area contributed by atoms with Gasteiger partial charge < -0.3 is 19.7 Å². The summed E-state index contributed by atoms with van der Waals surface area (Å²) < 4.78 is 11.5. The smallest absolute Gasteiger partial charge is 0.0936 e. The van der Waals surface area contributed by atoms with Crippen LogP contribution in [-0.4, -0.2) is 63.0 Å². The number of likely N-dealkylation sites (tertiary alicyclic amines) is 1.